The zero-order valence-electron chi connectivity index (χ0n) is 15.3. The maximum absolute atomic E-state index is 5.24. The number of aryl methyl sites for hydroxylation is 1. The number of rotatable bonds is 7. The predicted molar refractivity (Wildman–Crippen MR) is 109 cm³/mol. The van der Waals surface area contributed by atoms with Crippen LogP contribution in [0.3, 0.4) is 0 Å². The van der Waals surface area contributed by atoms with Crippen LogP contribution in [0.25, 0.3) is 21.3 Å². The lowest BCUT2D eigenvalue weighted by Gasteiger charge is -2.10. The molecule has 0 aliphatic carbocycles. The average molecular weight is 379 g/mol. The summed E-state index contributed by atoms with van der Waals surface area (Å²) in [5.74, 6) is 1.55. The van der Waals surface area contributed by atoms with Gasteiger partial charge in [-0.2, -0.15) is 5.10 Å². The van der Waals surface area contributed by atoms with Crippen LogP contribution in [0.15, 0.2) is 48.1 Å². The highest BCUT2D eigenvalue weighted by atomic mass is 32.1. The molecule has 0 unspecified atom stereocenters. The van der Waals surface area contributed by atoms with Crippen LogP contribution >= 0.6 is 11.3 Å². The van der Waals surface area contributed by atoms with E-state index in [-0.39, 0.29) is 0 Å². The van der Waals surface area contributed by atoms with Crippen LogP contribution in [0.4, 0.5) is 5.82 Å². The molecule has 7 heteroatoms. The molecule has 0 radical (unpaired) electrons. The number of methoxy groups -OCH3 is 1. The van der Waals surface area contributed by atoms with E-state index in [1.54, 1.807) is 18.4 Å². The van der Waals surface area contributed by atoms with Gasteiger partial charge in [-0.15, -0.1) is 11.3 Å². The molecule has 0 aliphatic rings. The van der Waals surface area contributed by atoms with Gasteiger partial charge >= 0.3 is 0 Å². The molecule has 6 nitrogen and oxygen atoms in total. The van der Waals surface area contributed by atoms with Crippen molar-refractivity contribution >= 4 is 27.4 Å². The van der Waals surface area contributed by atoms with Crippen LogP contribution in [0, 0.1) is 0 Å². The van der Waals surface area contributed by atoms with Crippen molar-refractivity contribution in [3.05, 3.63) is 59.5 Å². The van der Waals surface area contributed by atoms with Gasteiger partial charge in [0.15, 0.2) is 5.82 Å². The van der Waals surface area contributed by atoms with Crippen LogP contribution in [0.2, 0.25) is 0 Å². The van der Waals surface area contributed by atoms with E-state index >= 15 is 0 Å². The number of hydrogen-bond acceptors (Lipinski definition) is 6. The molecule has 0 saturated heterocycles. The Morgan fingerprint density at radius 2 is 2.04 bits per heavy atom. The fourth-order valence-corrected chi connectivity index (χ4v) is 4.03. The van der Waals surface area contributed by atoms with E-state index in [0.717, 1.165) is 34.6 Å². The summed E-state index contributed by atoms with van der Waals surface area (Å²) in [6, 6.07) is 10.4. The van der Waals surface area contributed by atoms with Gasteiger partial charge in [-0.05, 0) is 17.5 Å². The van der Waals surface area contributed by atoms with E-state index < -0.39 is 0 Å². The minimum absolute atomic E-state index is 0.395. The number of hydrogen-bond donors (Lipinski definition) is 1. The Hall–Kier alpha value is -2.77. The van der Waals surface area contributed by atoms with E-state index in [9.17, 15) is 0 Å². The third-order valence-electron chi connectivity index (χ3n) is 4.30. The van der Waals surface area contributed by atoms with Gasteiger partial charge < -0.3 is 10.1 Å². The summed E-state index contributed by atoms with van der Waals surface area (Å²) >= 11 is 1.64. The molecule has 0 spiro atoms. The Labute approximate surface area is 161 Å². The topological polar surface area (TPSA) is 64.9 Å². The zero-order chi connectivity index (χ0) is 18.6. The number of nitrogens with one attached hydrogen (secondary N) is 1. The lowest BCUT2D eigenvalue weighted by Crippen LogP contribution is -2.09. The minimum atomic E-state index is 0.395. The van der Waals surface area contributed by atoms with Gasteiger partial charge in [0.05, 0.1) is 11.6 Å². The summed E-state index contributed by atoms with van der Waals surface area (Å²) in [5, 5.41) is 10.9. The first-order chi connectivity index (χ1) is 13.2. The first kappa shape index (κ1) is 17.6. The fourth-order valence-electron chi connectivity index (χ4n) is 3.06. The molecule has 4 rings (SSSR count). The Morgan fingerprint density at radius 1 is 1.19 bits per heavy atom. The highest BCUT2D eigenvalue weighted by molar-refractivity contribution is 7.17. The summed E-state index contributed by atoms with van der Waals surface area (Å²) in [6.07, 6.45) is 4.81. The summed E-state index contributed by atoms with van der Waals surface area (Å²) in [4.78, 5) is 10.4. The molecule has 27 heavy (non-hydrogen) atoms. The summed E-state index contributed by atoms with van der Waals surface area (Å²) in [5.41, 5.74) is 3.52. The van der Waals surface area contributed by atoms with Crippen LogP contribution in [-0.4, -0.2) is 33.4 Å². The molecule has 138 valence electrons. The van der Waals surface area contributed by atoms with E-state index in [1.165, 1.54) is 11.1 Å². The van der Waals surface area contributed by atoms with Gasteiger partial charge in [0.1, 0.15) is 17.3 Å². The molecule has 3 heterocycles. The minimum Gasteiger partial charge on any atom is -0.377 e. The van der Waals surface area contributed by atoms with Crippen LogP contribution in [0.1, 0.15) is 11.4 Å². The quantitative estimate of drug-likeness (QED) is 0.528. The number of aromatic nitrogens is 4. The molecule has 1 aromatic carbocycles. The van der Waals surface area contributed by atoms with Crippen molar-refractivity contribution < 1.29 is 4.74 Å². The number of nitrogens with zero attached hydrogens (tertiary/aromatic N) is 4. The van der Waals surface area contributed by atoms with Gasteiger partial charge in [-0.25, -0.2) is 9.97 Å². The Morgan fingerprint density at radius 3 is 2.78 bits per heavy atom. The van der Waals surface area contributed by atoms with Crippen molar-refractivity contribution in [2.75, 3.05) is 19.0 Å². The van der Waals surface area contributed by atoms with Gasteiger partial charge in [0, 0.05) is 37.8 Å². The molecule has 4 aromatic rings. The van der Waals surface area contributed by atoms with Crippen molar-refractivity contribution in [3.8, 4) is 11.1 Å². The van der Waals surface area contributed by atoms with Gasteiger partial charge in [-0.1, -0.05) is 30.3 Å². The van der Waals surface area contributed by atoms with Gasteiger partial charge in [-0.3, -0.25) is 4.68 Å². The molecular weight excluding hydrogens is 358 g/mol. The Balaban J connectivity index is 1.68. The highest BCUT2D eigenvalue weighted by Crippen LogP contribution is 2.36. The van der Waals surface area contributed by atoms with E-state index in [4.69, 9.17) is 9.72 Å². The number of anilines is 1. The molecule has 0 bridgehead atoms. The first-order valence-electron chi connectivity index (χ1n) is 8.78. The van der Waals surface area contributed by atoms with E-state index in [0.29, 0.717) is 12.4 Å². The molecular formula is C20H21N5OS. The van der Waals surface area contributed by atoms with Crippen molar-refractivity contribution in [2.45, 2.75) is 13.0 Å². The Kier molecular flexibility index (Phi) is 5.13. The molecule has 0 aliphatic heterocycles. The van der Waals surface area contributed by atoms with Crippen molar-refractivity contribution in [1.29, 1.82) is 0 Å². The molecule has 1 N–H and O–H groups in total. The third kappa shape index (κ3) is 3.84. The average Bonchev–Trinajstić information content (AvgIpc) is 3.29. The second kappa shape index (κ2) is 7.85. The highest BCUT2D eigenvalue weighted by Gasteiger charge is 2.15. The standard InChI is InChI=1S/C20H21N5OS/c1-25-11-14(10-22-25)8-9-21-19-18-16(15-6-4-3-5-7-15)13-27-20(18)24-17(23-19)12-26-2/h3-7,10-11,13H,8-9,12H2,1-2H3,(H,21,23,24). The van der Waals surface area contributed by atoms with Crippen molar-refractivity contribution in [2.24, 2.45) is 7.05 Å². The zero-order valence-corrected chi connectivity index (χ0v) is 16.2. The van der Waals surface area contributed by atoms with Crippen LogP contribution < -0.4 is 5.32 Å². The largest absolute Gasteiger partial charge is 0.377 e. The Bertz CT molecular complexity index is 1040. The van der Waals surface area contributed by atoms with Crippen molar-refractivity contribution in [1.82, 2.24) is 19.7 Å². The van der Waals surface area contributed by atoms with Crippen LogP contribution in [0.5, 0.6) is 0 Å². The lowest BCUT2D eigenvalue weighted by atomic mass is 10.1. The SMILES string of the molecule is COCc1nc(NCCc2cnn(C)c2)c2c(-c3ccccc3)csc2n1. The smallest absolute Gasteiger partial charge is 0.158 e. The summed E-state index contributed by atoms with van der Waals surface area (Å²) in [6.45, 7) is 1.17. The van der Waals surface area contributed by atoms with Crippen molar-refractivity contribution in [3.63, 3.8) is 0 Å². The monoisotopic (exact) mass is 379 g/mol. The number of benzene rings is 1. The molecule has 0 saturated carbocycles. The summed E-state index contributed by atoms with van der Waals surface area (Å²) in [7, 11) is 3.59. The normalized spacial score (nSPS) is 11.2. The van der Waals surface area contributed by atoms with Gasteiger partial charge in [0.25, 0.3) is 0 Å². The van der Waals surface area contributed by atoms with E-state index in [2.05, 4.69) is 45.0 Å². The number of thiophene rings is 1. The molecule has 3 aromatic heterocycles. The molecule has 0 atom stereocenters. The molecule has 0 amide bonds. The predicted octanol–water partition coefficient (Wildman–Crippen LogP) is 3.89. The molecule has 0 fully saturated rings. The summed E-state index contributed by atoms with van der Waals surface area (Å²) < 4.78 is 7.06. The fraction of sp³-hybridized carbons (Fsp3) is 0.250. The first-order valence-corrected chi connectivity index (χ1v) is 9.66. The van der Waals surface area contributed by atoms with E-state index in [1.807, 2.05) is 30.2 Å². The lowest BCUT2D eigenvalue weighted by molar-refractivity contribution is 0.178. The maximum Gasteiger partial charge on any atom is 0.158 e. The second-order valence-corrected chi connectivity index (χ2v) is 7.17. The maximum atomic E-state index is 5.24. The number of ether oxygens (including phenoxy) is 1. The number of fused-ring (bicyclic) bond motifs is 1. The third-order valence-corrected chi connectivity index (χ3v) is 5.17. The van der Waals surface area contributed by atoms with Crippen LogP contribution in [-0.2, 0) is 24.8 Å². The second-order valence-electron chi connectivity index (χ2n) is 6.32. The van der Waals surface area contributed by atoms with Gasteiger partial charge in [0.2, 0.25) is 0 Å².